The van der Waals surface area contributed by atoms with Crippen molar-refractivity contribution >= 4 is 27.7 Å². The van der Waals surface area contributed by atoms with Gasteiger partial charge < -0.3 is 10.2 Å². The molecule has 4 unspecified atom stereocenters. The summed E-state index contributed by atoms with van der Waals surface area (Å²) in [4.78, 5) is 14.8. The van der Waals surface area contributed by atoms with Crippen LogP contribution in [0.15, 0.2) is 29.2 Å². The second-order valence-corrected chi connectivity index (χ2v) is 11.1. The first-order valence-electron chi connectivity index (χ1n) is 10.4. The van der Waals surface area contributed by atoms with Crippen molar-refractivity contribution in [2.75, 3.05) is 31.6 Å². The lowest BCUT2D eigenvalue weighted by Crippen LogP contribution is -2.52. The van der Waals surface area contributed by atoms with Gasteiger partial charge in [-0.15, -0.1) is 0 Å². The number of benzene rings is 1. The van der Waals surface area contributed by atoms with Crippen LogP contribution in [0.5, 0.6) is 0 Å². The first-order valence-corrected chi connectivity index (χ1v) is 13.3. The second-order valence-electron chi connectivity index (χ2n) is 8.46. The molecular formula is C21H34FN3O3S2. The van der Waals surface area contributed by atoms with Gasteiger partial charge in [0.1, 0.15) is 16.8 Å². The van der Waals surface area contributed by atoms with Crippen molar-refractivity contribution < 1.29 is 17.6 Å². The smallest absolute Gasteiger partial charge is 0.244 e. The molecule has 2 N–H and O–H groups in total. The van der Waals surface area contributed by atoms with Crippen LogP contribution >= 0.6 is 11.8 Å². The molecule has 4 atom stereocenters. The third kappa shape index (κ3) is 7.51. The number of hydrogen-bond donors (Lipinski definition) is 2. The van der Waals surface area contributed by atoms with Crippen LogP contribution in [-0.4, -0.2) is 63.0 Å². The molecule has 0 aromatic heterocycles. The number of carbonyl (C=O) groups excluding carboxylic acids is 1. The minimum absolute atomic E-state index is 0.121. The fraction of sp³-hybridized carbons (Fsp3) is 0.667. The molecule has 1 saturated heterocycles. The first-order chi connectivity index (χ1) is 14.1. The summed E-state index contributed by atoms with van der Waals surface area (Å²) in [5, 5.41) is 2.94. The van der Waals surface area contributed by atoms with E-state index in [9.17, 15) is 17.6 Å². The third-order valence-electron chi connectivity index (χ3n) is 5.22. The van der Waals surface area contributed by atoms with Gasteiger partial charge in [0.2, 0.25) is 15.9 Å². The number of amides is 1. The number of nitrogens with one attached hydrogen (secondary N) is 2. The zero-order valence-corrected chi connectivity index (χ0v) is 19.9. The van der Waals surface area contributed by atoms with Crippen LogP contribution in [0.4, 0.5) is 4.39 Å². The molecule has 0 bridgehead atoms. The van der Waals surface area contributed by atoms with Crippen molar-refractivity contribution in [3.63, 3.8) is 0 Å². The Labute approximate surface area is 184 Å². The number of sulfonamides is 1. The summed E-state index contributed by atoms with van der Waals surface area (Å²) >= 11 is 1.52. The van der Waals surface area contributed by atoms with E-state index in [2.05, 4.69) is 28.8 Å². The molecule has 9 heteroatoms. The summed E-state index contributed by atoms with van der Waals surface area (Å²) in [7, 11) is -4.15. The van der Waals surface area contributed by atoms with Crippen molar-refractivity contribution in [2.24, 2.45) is 11.8 Å². The predicted octanol–water partition coefficient (Wildman–Crippen LogP) is 2.71. The van der Waals surface area contributed by atoms with Crippen molar-refractivity contribution in [3.05, 3.63) is 30.1 Å². The van der Waals surface area contributed by atoms with E-state index in [1.54, 1.807) is 0 Å². The van der Waals surface area contributed by atoms with E-state index in [0.29, 0.717) is 24.0 Å². The van der Waals surface area contributed by atoms with Crippen LogP contribution in [0, 0.1) is 17.7 Å². The van der Waals surface area contributed by atoms with E-state index in [-0.39, 0.29) is 11.9 Å². The van der Waals surface area contributed by atoms with Crippen LogP contribution in [0.3, 0.4) is 0 Å². The molecule has 6 nitrogen and oxygen atoms in total. The molecule has 1 aliphatic rings. The van der Waals surface area contributed by atoms with Gasteiger partial charge in [0.25, 0.3) is 0 Å². The van der Waals surface area contributed by atoms with Gasteiger partial charge >= 0.3 is 0 Å². The molecule has 1 amide bonds. The summed E-state index contributed by atoms with van der Waals surface area (Å²) < 4.78 is 41.7. The summed E-state index contributed by atoms with van der Waals surface area (Å²) in [5.74, 6) is 0.635. The Morgan fingerprint density at radius 3 is 2.50 bits per heavy atom. The Balaban J connectivity index is 2.03. The van der Waals surface area contributed by atoms with Crippen LogP contribution in [0.1, 0.15) is 33.6 Å². The number of carbonyl (C=O) groups is 1. The minimum Gasteiger partial charge on any atom is -0.351 e. The Morgan fingerprint density at radius 1 is 1.27 bits per heavy atom. The lowest BCUT2D eigenvalue weighted by molar-refractivity contribution is -0.123. The zero-order chi connectivity index (χ0) is 22.3. The van der Waals surface area contributed by atoms with Crippen molar-refractivity contribution in [2.45, 2.75) is 50.6 Å². The highest BCUT2D eigenvalue weighted by atomic mass is 32.2. The highest BCUT2D eigenvalue weighted by Gasteiger charge is 2.29. The molecule has 2 rings (SSSR count). The first kappa shape index (κ1) is 25.1. The van der Waals surface area contributed by atoms with Crippen LogP contribution < -0.4 is 10.0 Å². The highest BCUT2D eigenvalue weighted by molar-refractivity contribution is 7.98. The SMILES string of the molecule is CSCCC(NS(=O)(=O)c1ccccc1F)C(=O)NC(C)CN1CC(C)CC(C)C1. The Bertz CT molecular complexity index is 796. The number of piperidine rings is 1. The molecule has 0 radical (unpaired) electrons. The maximum absolute atomic E-state index is 14.0. The summed E-state index contributed by atoms with van der Waals surface area (Å²) in [6.45, 7) is 9.12. The van der Waals surface area contributed by atoms with Crippen LogP contribution in [0.25, 0.3) is 0 Å². The maximum Gasteiger partial charge on any atom is 0.244 e. The fourth-order valence-corrected chi connectivity index (χ4v) is 5.89. The van der Waals surface area contributed by atoms with Gasteiger partial charge in [-0.05, 0) is 55.7 Å². The fourth-order valence-electron chi connectivity index (χ4n) is 4.11. The molecule has 1 aliphatic heterocycles. The molecule has 1 aromatic rings. The van der Waals surface area contributed by atoms with E-state index in [4.69, 9.17) is 0 Å². The van der Waals surface area contributed by atoms with Crippen LogP contribution in [0.2, 0.25) is 0 Å². The average Bonchev–Trinajstić information content (AvgIpc) is 2.64. The van der Waals surface area contributed by atoms with E-state index in [1.165, 1.54) is 36.4 Å². The topological polar surface area (TPSA) is 78.5 Å². The summed E-state index contributed by atoms with van der Waals surface area (Å²) in [5.41, 5.74) is 0. The molecule has 1 fully saturated rings. The maximum atomic E-state index is 14.0. The third-order valence-corrected chi connectivity index (χ3v) is 7.36. The molecule has 1 heterocycles. The Kier molecular flexibility index (Phi) is 9.59. The van der Waals surface area contributed by atoms with E-state index >= 15 is 0 Å². The molecular weight excluding hydrogens is 425 g/mol. The van der Waals surface area contributed by atoms with Gasteiger partial charge in [0.05, 0.1) is 0 Å². The van der Waals surface area contributed by atoms with Gasteiger partial charge in [-0.3, -0.25) is 4.79 Å². The standard InChI is InChI=1S/C21H34FN3O3S2/c1-15-11-16(2)13-25(12-15)14-17(3)23-21(26)19(9-10-29-4)24-30(27,28)20-8-6-5-7-18(20)22/h5-8,15-17,19,24H,9-14H2,1-4H3,(H,23,26). The van der Waals surface area contributed by atoms with Gasteiger partial charge in [0, 0.05) is 25.7 Å². The van der Waals surface area contributed by atoms with Gasteiger partial charge in [-0.2, -0.15) is 16.5 Å². The number of thioether (sulfide) groups is 1. The number of nitrogens with zero attached hydrogens (tertiary/aromatic N) is 1. The summed E-state index contributed by atoms with van der Waals surface area (Å²) in [6, 6.07) is 4.10. The molecule has 0 aliphatic carbocycles. The molecule has 170 valence electrons. The molecule has 0 spiro atoms. The quantitative estimate of drug-likeness (QED) is 0.563. The Hall–Kier alpha value is -1.16. The van der Waals surface area contributed by atoms with Crippen LogP contribution in [-0.2, 0) is 14.8 Å². The van der Waals surface area contributed by atoms with E-state index < -0.39 is 26.8 Å². The number of halogens is 1. The lowest BCUT2D eigenvalue weighted by atomic mass is 9.92. The predicted molar refractivity (Wildman–Crippen MR) is 120 cm³/mol. The van der Waals surface area contributed by atoms with Gasteiger partial charge in [-0.1, -0.05) is 26.0 Å². The van der Waals surface area contributed by atoms with E-state index in [0.717, 1.165) is 25.7 Å². The average molecular weight is 460 g/mol. The van der Waals surface area contributed by atoms with Gasteiger partial charge in [0.15, 0.2) is 0 Å². The number of likely N-dealkylation sites (tertiary alicyclic amines) is 1. The number of hydrogen-bond acceptors (Lipinski definition) is 5. The summed E-state index contributed by atoms with van der Waals surface area (Å²) in [6.07, 6.45) is 3.43. The highest BCUT2D eigenvalue weighted by Crippen LogP contribution is 2.21. The zero-order valence-electron chi connectivity index (χ0n) is 18.2. The van der Waals surface area contributed by atoms with Gasteiger partial charge in [-0.25, -0.2) is 12.8 Å². The minimum atomic E-state index is -4.15. The lowest BCUT2D eigenvalue weighted by Gasteiger charge is -2.36. The molecule has 1 aromatic carbocycles. The van der Waals surface area contributed by atoms with E-state index in [1.807, 2.05) is 13.2 Å². The van der Waals surface area contributed by atoms with Crippen molar-refractivity contribution in [1.82, 2.24) is 14.9 Å². The second kappa shape index (κ2) is 11.5. The number of rotatable bonds is 10. The van der Waals surface area contributed by atoms with Crippen molar-refractivity contribution in [3.8, 4) is 0 Å². The largest absolute Gasteiger partial charge is 0.351 e. The monoisotopic (exact) mass is 459 g/mol. The normalized spacial score (nSPS) is 22.4. The molecule has 0 saturated carbocycles. The molecule has 30 heavy (non-hydrogen) atoms. The Morgan fingerprint density at radius 2 is 1.90 bits per heavy atom. The van der Waals surface area contributed by atoms with Crippen molar-refractivity contribution in [1.29, 1.82) is 0 Å².